The van der Waals surface area contributed by atoms with Crippen LogP contribution < -0.4 is 5.32 Å². The molecule has 0 bridgehead atoms. The van der Waals surface area contributed by atoms with Crippen LogP contribution in [0.5, 0.6) is 0 Å². The van der Waals surface area contributed by atoms with Crippen LogP contribution in [0.25, 0.3) is 0 Å². The fourth-order valence-corrected chi connectivity index (χ4v) is 1.97. The highest BCUT2D eigenvalue weighted by molar-refractivity contribution is 6.07. The molecule has 4 heteroatoms. The zero-order valence-electron chi connectivity index (χ0n) is 13.1. The van der Waals surface area contributed by atoms with E-state index in [-0.39, 0.29) is 0 Å². The summed E-state index contributed by atoms with van der Waals surface area (Å²) in [4.78, 5) is 16.3. The second-order valence-corrected chi connectivity index (χ2v) is 5.01. The maximum Gasteiger partial charge on any atom is 0.412 e. The van der Waals surface area contributed by atoms with Crippen LogP contribution >= 0.6 is 0 Å². The maximum atomic E-state index is 11.7. The Bertz CT molecular complexity index is 676. The van der Waals surface area contributed by atoms with Crippen molar-refractivity contribution < 1.29 is 9.53 Å². The summed E-state index contributed by atoms with van der Waals surface area (Å²) in [6.07, 6.45) is -0.505. The first-order chi connectivity index (χ1) is 10.6. The van der Waals surface area contributed by atoms with Gasteiger partial charge in [0.1, 0.15) is 5.84 Å². The van der Waals surface area contributed by atoms with E-state index in [2.05, 4.69) is 10.3 Å². The van der Waals surface area contributed by atoms with Gasteiger partial charge in [0.2, 0.25) is 0 Å². The summed E-state index contributed by atoms with van der Waals surface area (Å²) in [6.45, 7) is 6.10. The lowest BCUT2D eigenvalue weighted by molar-refractivity contribution is 0.158. The molecule has 0 saturated heterocycles. The maximum absolute atomic E-state index is 11.7. The van der Waals surface area contributed by atoms with E-state index >= 15 is 0 Å². The Morgan fingerprint density at radius 2 is 1.82 bits per heavy atom. The van der Waals surface area contributed by atoms with Gasteiger partial charge in [-0.3, -0.25) is 5.32 Å². The van der Waals surface area contributed by atoms with Crippen LogP contribution in [-0.4, -0.2) is 18.5 Å². The van der Waals surface area contributed by atoms with E-state index < -0.39 is 6.09 Å². The van der Waals surface area contributed by atoms with Crippen LogP contribution in [0.2, 0.25) is 0 Å². The highest BCUT2D eigenvalue weighted by Crippen LogP contribution is 2.15. The van der Waals surface area contributed by atoms with Crippen molar-refractivity contribution in [1.82, 2.24) is 5.32 Å². The molecule has 22 heavy (non-hydrogen) atoms. The fraction of sp³-hybridized carbons (Fsp3) is 0.222. The molecule has 0 heterocycles. The highest BCUT2D eigenvalue weighted by atomic mass is 16.5. The second kappa shape index (κ2) is 7.41. The molecule has 0 radical (unpaired) electrons. The van der Waals surface area contributed by atoms with E-state index in [1.54, 1.807) is 6.92 Å². The normalized spacial score (nSPS) is 11.1. The Hall–Kier alpha value is -2.62. The Kier molecular flexibility index (Phi) is 5.31. The van der Waals surface area contributed by atoms with Crippen molar-refractivity contribution in [2.75, 3.05) is 6.61 Å². The minimum atomic E-state index is -0.505. The molecule has 2 aromatic rings. The molecular weight excluding hydrogens is 276 g/mol. The van der Waals surface area contributed by atoms with Crippen molar-refractivity contribution in [2.24, 2.45) is 4.99 Å². The van der Waals surface area contributed by atoms with Gasteiger partial charge >= 0.3 is 6.09 Å². The number of carbonyl (C=O) groups is 1. The number of amidine groups is 1. The van der Waals surface area contributed by atoms with Gasteiger partial charge in [0.15, 0.2) is 0 Å². The summed E-state index contributed by atoms with van der Waals surface area (Å²) in [5.74, 6) is 0.476. The molecule has 2 aromatic carbocycles. The Balaban J connectivity index is 2.36. The van der Waals surface area contributed by atoms with Crippen LogP contribution in [0, 0.1) is 13.8 Å². The minimum absolute atomic E-state index is 0.317. The molecule has 0 aliphatic rings. The quantitative estimate of drug-likeness (QED) is 0.684. The molecule has 0 atom stereocenters. The molecule has 2 rings (SSSR count). The summed E-state index contributed by atoms with van der Waals surface area (Å²) in [5.41, 5.74) is 3.88. The standard InChI is InChI=1S/C18H20N2O2/c1-4-22-18(21)20-17(15-10-8-13(2)9-11-15)19-16-7-5-6-14(3)12-16/h5-12H,4H2,1-3H3,(H,19,20,21). The molecule has 0 fully saturated rings. The molecular formula is C18H20N2O2. The lowest BCUT2D eigenvalue weighted by atomic mass is 10.1. The van der Waals surface area contributed by atoms with Crippen molar-refractivity contribution in [2.45, 2.75) is 20.8 Å². The largest absolute Gasteiger partial charge is 0.450 e. The smallest absolute Gasteiger partial charge is 0.412 e. The number of nitrogens with one attached hydrogen (secondary N) is 1. The molecule has 0 unspecified atom stereocenters. The first-order valence-corrected chi connectivity index (χ1v) is 7.24. The van der Waals surface area contributed by atoms with Gasteiger partial charge in [-0.1, -0.05) is 42.0 Å². The van der Waals surface area contributed by atoms with Gasteiger partial charge in [-0.25, -0.2) is 9.79 Å². The third-order valence-corrected chi connectivity index (χ3v) is 3.06. The average molecular weight is 296 g/mol. The molecule has 0 saturated carbocycles. The molecule has 114 valence electrons. The van der Waals surface area contributed by atoms with E-state index in [4.69, 9.17) is 4.74 Å². The molecule has 0 aliphatic heterocycles. The van der Waals surface area contributed by atoms with Crippen LogP contribution in [0.15, 0.2) is 53.5 Å². The number of benzene rings is 2. The topological polar surface area (TPSA) is 50.7 Å². The molecule has 1 amide bonds. The van der Waals surface area contributed by atoms with E-state index in [1.807, 2.05) is 62.4 Å². The first kappa shape index (κ1) is 15.8. The van der Waals surface area contributed by atoms with E-state index in [9.17, 15) is 4.79 Å². The zero-order chi connectivity index (χ0) is 15.9. The van der Waals surface area contributed by atoms with Crippen molar-refractivity contribution in [3.8, 4) is 0 Å². The number of nitrogens with zero attached hydrogens (tertiary/aromatic N) is 1. The predicted molar refractivity (Wildman–Crippen MR) is 88.7 cm³/mol. The van der Waals surface area contributed by atoms with Crippen LogP contribution in [0.4, 0.5) is 10.5 Å². The summed E-state index contributed by atoms with van der Waals surface area (Å²) in [6, 6.07) is 15.6. The summed E-state index contributed by atoms with van der Waals surface area (Å²) in [5, 5.41) is 2.71. The lowest BCUT2D eigenvalue weighted by Crippen LogP contribution is -2.31. The van der Waals surface area contributed by atoms with Gasteiger partial charge in [-0.15, -0.1) is 0 Å². The number of alkyl carbamates (subject to hydrolysis) is 1. The average Bonchev–Trinajstić information content (AvgIpc) is 2.48. The number of hydrogen-bond acceptors (Lipinski definition) is 3. The van der Waals surface area contributed by atoms with Crippen LogP contribution in [0.3, 0.4) is 0 Å². The number of aliphatic imine (C=N–C) groups is 1. The Morgan fingerprint density at radius 3 is 2.45 bits per heavy atom. The number of rotatable bonds is 3. The molecule has 4 nitrogen and oxygen atoms in total. The van der Waals surface area contributed by atoms with Crippen LogP contribution in [-0.2, 0) is 4.74 Å². The third-order valence-electron chi connectivity index (χ3n) is 3.06. The number of aryl methyl sites for hydroxylation is 2. The number of hydrogen-bond donors (Lipinski definition) is 1. The van der Waals surface area contributed by atoms with Gasteiger partial charge in [0, 0.05) is 5.56 Å². The first-order valence-electron chi connectivity index (χ1n) is 7.24. The van der Waals surface area contributed by atoms with Crippen molar-refractivity contribution in [3.63, 3.8) is 0 Å². The van der Waals surface area contributed by atoms with E-state index in [1.165, 1.54) is 0 Å². The van der Waals surface area contributed by atoms with E-state index in [0.717, 1.165) is 22.4 Å². The van der Waals surface area contributed by atoms with Gasteiger partial charge in [-0.2, -0.15) is 0 Å². The molecule has 0 spiro atoms. The lowest BCUT2D eigenvalue weighted by Gasteiger charge is -2.10. The number of carbonyl (C=O) groups excluding carboxylic acids is 1. The molecule has 0 aromatic heterocycles. The molecule has 1 N–H and O–H groups in total. The van der Waals surface area contributed by atoms with Crippen molar-refractivity contribution in [1.29, 1.82) is 0 Å². The monoisotopic (exact) mass is 296 g/mol. The van der Waals surface area contributed by atoms with Crippen molar-refractivity contribution in [3.05, 3.63) is 65.2 Å². The second-order valence-electron chi connectivity index (χ2n) is 5.01. The predicted octanol–water partition coefficient (Wildman–Crippen LogP) is 4.13. The third kappa shape index (κ3) is 4.45. The fourth-order valence-electron chi connectivity index (χ4n) is 1.97. The number of ether oxygens (including phenoxy) is 1. The summed E-state index contributed by atoms with van der Waals surface area (Å²) < 4.78 is 4.95. The summed E-state index contributed by atoms with van der Waals surface area (Å²) in [7, 11) is 0. The minimum Gasteiger partial charge on any atom is -0.450 e. The van der Waals surface area contributed by atoms with Gasteiger partial charge in [0.05, 0.1) is 12.3 Å². The number of amides is 1. The van der Waals surface area contributed by atoms with Gasteiger partial charge in [-0.05, 0) is 38.5 Å². The highest BCUT2D eigenvalue weighted by Gasteiger charge is 2.09. The Morgan fingerprint density at radius 1 is 1.09 bits per heavy atom. The zero-order valence-corrected chi connectivity index (χ0v) is 13.1. The Labute approximate surface area is 130 Å². The van der Waals surface area contributed by atoms with E-state index in [0.29, 0.717) is 12.4 Å². The van der Waals surface area contributed by atoms with Gasteiger partial charge < -0.3 is 4.74 Å². The van der Waals surface area contributed by atoms with Crippen LogP contribution in [0.1, 0.15) is 23.6 Å². The molecule has 0 aliphatic carbocycles. The van der Waals surface area contributed by atoms with Gasteiger partial charge in [0.25, 0.3) is 0 Å². The SMILES string of the molecule is CCOC(=O)NC(=Nc1cccc(C)c1)c1ccc(C)cc1. The summed E-state index contributed by atoms with van der Waals surface area (Å²) >= 11 is 0. The van der Waals surface area contributed by atoms with Crippen molar-refractivity contribution >= 4 is 17.6 Å².